The molecule has 0 aromatic heterocycles. The van der Waals surface area contributed by atoms with Crippen LogP contribution in [0.25, 0.3) is 0 Å². The summed E-state index contributed by atoms with van der Waals surface area (Å²) in [6.07, 6.45) is 2.28. The molecule has 1 aliphatic rings. The van der Waals surface area contributed by atoms with E-state index in [0.717, 1.165) is 12.8 Å². The van der Waals surface area contributed by atoms with Gasteiger partial charge in [0.2, 0.25) is 0 Å². The normalized spacial score (nSPS) is 22.6. The molecule has 0 heterocycles. The number of hydrogen-bond acceptors (Lipinski definition) is 1. The topological polar surface area (TPSA) is 12.0 Å². The molecule has 0 radical (unpaired) electrons. The van der Waals surface area contributed by atoms with Gasteiger partial charge < -0.3 is 5.32 Å². The second-order valence-corrected chi connectivity index (χ2v) is 6.22. The molecule has 0 aliphatic heterocycles. The Balaban J connectivity index is 1.54. The van der Waals surface area contributed by atoms with Gasteiger partial charge in [0.25, 0.3) is 0 Å². The van der Waals surface area contributed by atoms with Gasteiger partial charge in [-0.2, -0.15) is 0 Å². The van der Waals surface area contributed by atoms with Crippen molar-refractivity contribution in [3.05, 3.63) is 71.0 Å². The summed E-state index contributed by atoms with van der Waals surface area (Å²) in [6, 6.07) is 16.6. The molecule has 0 amide bonds. The molecule has 1 N–H and O–H groups in total. The zero-order valence-electron chi connectivity index (χ0n) is 12.6. The van der Waals surface area contributed by atoms with Crippen LogP contribution in [0.15, 0.2) is 48.5 Å². The van der Waals surface area contributed by atoms with Crippen molar-refractivity contribution in [2.45, 2.75) is 44.7 Å². The molecule has 1 saturated carbocycles. The van der Waals surface area contributed by atoms with Crippen LogP contribution >= 0.6 is 0 Å². The van der Waals surface area contributed by atoms with Crippen LogP contribution in [0, 0.1) is 12.7 Å². The summed E-state index contributed by atoms with van der Waals surface area (Å²) >= 11 is 0. The van der Waals surface area contributed by atoms with Crippen molar-refractivity contribution in [2.75, 3.05) is 0 Å². The molecule has 21 heavy (non-hydrogen) atoms. The lowest BCUT2D eigenvalue weighted by molar-refractivity contribution is 0.271. The Kier molecular flexibility index (Phi) is 4.07. The number of benzene rings is 2. The summed E-state index contributed by atoms with van der Waals surface area (Å²) in [5.41, 5.74) is 3.91. The summed E-state index contributed by atoms with van der Waals surface area (Å²) in [4.78, 5) is 0. The van der Waals surface area contributed by atoms with Crippen LogP contribution in [-0.2, 0) is 0 Å². The van der Waals surface area contributed by atoms with Gasteiger partial charge in [0.15, 0.2) is 0 Å². The quantitative estimate of drug-likeness (QED) is 0.855. The van der Waals surface area contributed by atoms with Crippen molar-refractivity contribution < 1.29 is 4.39 Å². The SMILES string of the molecule is Cc1cccc([C@H](C)NC2CC(c3ccc(F)cc3)C2)c1. The molecule has 1 fully saturated rings. The van der Waals surface area contributed by atoms with Crippen molar-refractivity contribution in [3.63, 3.8) is 0 Å². The molecule has 0 bridgehead atoms. The highest BCUT2D eigenvalue weighted by Crippen LogP contribution is 2.37. The molecule has 3 rings (SSSR count). The van der Waals surface area contributed by atoms with Crippen LogP contribution in [-0.4, -0.2) is 6.04 Å². The zero-order valence-corrected chi connectivity index (χ0v) is 12.6. The number of rotatable bonds is 4. The first kappa shape index (κ1) is 14.3. The van der Waals surface area contributed by atoms with E-state index in [-0.39, 0.29) is 5.82 Å². The number of nitrogens with one attached hydrogen (secondary N) is 1. The average molecular weight is 283 g/mol. The molecule has 0 unspecified atom stereocenters. The van der Waals surface area contributed by atoms with E-state index in [4.69, 9.17) is 0 Å². The Morgan fingerprint density at radius 2 is 1.81 bits per heavy atom. The van der Waals surface area contributed by atoms with Gasteiger partial charge in [-0.3, -0.25) is 0 Å². The minimum absolute atomic E-state index is 0.152. The predicted molar refractivity (Wildman–Crippen MR) is 84.9 cm³/mol. The maximum atomic E-state index is 12.9. The Bertz CT molecular complexity index is 599. The van der Waals surface area contributed by atoms with E-state index in [1.807, 2.05) is 12.1 Å². The molecule has 2 aromatic carbocycles. The van der Waals surface area contributed by atoms with E-state index >= 15 is 0 Å². The minimum atomic E-state index is -0.152. The van der Waals surface area contributed by atoms with Gasteiger partial charge in [0.05, 0.1) is 0 Å². The summed E-state index contributed by atoms with van der Waals surface area (Å²) in [7, 11) is 0. The van der Waals surface area contributed by atoms with E-state index in [2.05, 4.69) is 43.4 Å². The zero-order chi connectivity index (χ0) is 14.8. The van der Waals surface area contributed by atoms with Gasteiger partial charge in [-0.1, -0.05) is 42.0 Å². The summed E-state index contributed by atoms with van der Waals surface area (Å²) in [5.74, 6) is 0.425. The van der Waals surface area contributed by atoms with Gasteiger partial charge in [0, 0.05) is 12.1 Å². The summed E-state index contributed by atoms with van der Waals surface area (Å²) < 4.78 is 12.9. The van der Waals surface area contributed by atoms with E-state index in [1.165, 1.54) is 16.7 Å². The van der Waals surface area contributed by atoms with Gasteiger partial charge in [-0.25, -0.2) is 4.39 Å². The Morgan fingerprint density at radius 3 is 2.48 bits per heavy atom. The van der Waals surface area contributed by atoms with E-state index < -0.39 is 0 Å². The van der Waals surface area contributed by atoms with Gasteiger partial charge in [-0.15, -0.1) is 0 Å². The third-order valence-electron chi connectivity index (χ3n) is 4.51. The first-order valence-corrected chi connectivity index (χ1v) is 7.70. The highest BCUT2D eigenvalue weighted by molar-refractivity contribution is 5.26. The standard InChI is InChI=1S/C19H22FN/c1-13-4-3-5-16(10-13)14(2)21-19-11-17(12-19)15-6-8-18(20)9-7-15/h3-10,14,17,19,21H,11-12H2,1-2H3/t14-,17?,19?/m0/s1. The number of hydrogen-bond donors (Lipinski definition) is 1. The fourth-order valence-electron chi connectivity index (χ4n) is 3.15. The lowest BCUT2D eigenvalue weighted by atomic mass is 9.75. The Morgan fingerprint density at radius 1 is 1.10 bits per heavy atom. The van der Waals surface area contributed by atoms with Crippen molar-refractivity contribution in [1.82, 2.24) is 5.32 Å². The Hall–Kier alpha value is -1.67. The molecular formula is C19H22FN. The van der Waals surface area contributed by atoms with Crippen LogP contribution in [0.1, 0.15) is 48.4 Å². The van der Waals surface area contributed by atoms with E-state index in [9.17, 15) is 4.39 Å². The van der Waals surface area contributed by atoms with Gasteiger partial charge in [-0.05, 0) is 55.9 Å². The first-order chi connectivity index (χ1) is 10.1. The van der Waals surface area contributed by atoms with Crippen molar-refractivity contribution in [2.24, 2.45) is 0 Å². The Labute approximate surface area is 126 Å². The van der Waals surface area contributed by atoms with Crippen LogP contribution in [0.4, 0.5) is 4.39 Å². The average Bonchev–Trinajstić information content (AvgIpc) is 2.43. The highest BCUT2D eigenvalue weighted by Gasteiger charge is 2.31. The van der Waals surface area contributed by atoms with Crippen LogP contribution < -0.4 is 5.32 Å². The molecule has 0 saturated heterocycles. The third-order valence-corrected chi connectivity index (χ3v) is 4.51. The van der Waals surface area contributed by atoms with E-state index in [1.54, 1.807) is 12.1 Å². The molecule has 2 aromatic rings. The minimum Gasteiger partial charge on any atom is -0.307 e. The second-order valence-electron chi connectivity index (χ2n) is 6.22. The largest absolute Gasteiger partial charge is 0.307 e. The molecule has 1 nitrogen and oxygen atoms in total. The predicted octanol–water partition coefficient (Wildman–Crippen LogP) is 4.73. The number of halogens is 1. The fraction of sp³-hybridized carbons (Fsp3) is 0.368. The molecule has 0 spiro atoms. The maximum absolute atomic E-state index is 12.9. The summed E-state index contributed by atoms with van der Waals surface area (Å²) in [5, 5.41) is 3.70. The molecular weight excluding hydrogens is 261 g/mol. The first-order valence-electron chi connectivity index (χ1n) is 7.70. The monoisotopic (exact) mass is 283 g/mol. The molecule has 1 atom stereocenters. The van der Waals surface area contributed by atoms with Crippen molar-refractivity contribution in [1.29, 1.82) is 0 Å². The van der Waals surface area contributed by atoms with Crippen molar-refractivity contribution >= 4 is 0 Å². The molecule has 1 aliphatic carbocycles. The summed E-state index contributed by atoms with van der Waals surface area (Å²) in [6.45, 7) is 4.35. The van der Waals surface area contributed by atoms with Crippen LogP contribution in [0.5, 0.6) is 0 Å². The van der Waals surface area contributed by atoms with Gasteiger partial charge >= 0.3 is 0 Å². The lowest BCUT2D eigenvalue weighted by Gasteiger charge is -2.38. The fourth-order valence-corrected chi connectivity index (χ4v) is 3.15. The highest BCUT2D eigenvalue weighted by atomic mass is 19.1. The van der Waals surface area contributed by atoms with Crippen molar-refractivity contribution in [3.8, 4) is 0 Å². The lowest BCUT2D eigenvalue weighted by Crippen LogP contribution is -2.41. The second kappa shape index (κ2) is 5.98. The smallest absolute Gasteiger partial charge is 0.123 e. The van der Waals surface area contributed by atoms with E-state index in [0.29, 0.717) is 18.0 Å². The van der Waals surface area contributed by atoms with Crippen LogP contribution in [0.3, 0.4) is 0 Å². The third kappa shape index (κ3) is 3.33. The molecule has 110 valence electrons. The molecule has 2 heteroatoms. The van der Waals surface area contributed by atoms with Gasteiger partial charge in [0.1, 0.15) is 5.82 Å². The maximum Gasteiger partial charge on any atom is 0.123 e. The van der Waals surface area contributed by atoms with Crippen LogP contribution in [0.2, 0.25) is 0 Å². The number of aryl methyl sites for hydroxylation is 1.